The molecule has 1 heterocycles. The second kappa shape index (κ2) is 2.60. The van der Waals surface area contributed by atoms with Gasteiger partial charge in [0.2, 0.25) is 0 Å². The van der Waals surface area contributed by atoms with Crippen LogP contribution in [0.15, 0.2) is 24.3 Å². The van der Waals surface area contributed by atoms with E-state index in [0.29, 0.717) is 11.9 Å². The number of halogens is 1. The van der Waals surface area contributed by atoms with Crippen LogP contribution >= 0.6 is 0 Å². The van der Waals surface area contributed by atoms with E-state index in [1.54, 1.807) is 12.1 Å². The van der Waals surface area contributed by atoms with Crippen molar-refractivity contribution in [3.8, 4) is 0 Å². The van der Waals surface area contributed by atoms with Crippen molar-refractivity contribution in [1.82, 2.24) is 4.98 Å². The topological polar surface area (TPSA) is 41.8 Å². The maximum Gasteiger partial charge on any atom is 0.132 e. The Morgan fingerprint density at radius 2 is 2.25 bits per heavy atom. The molecule has 0 spiro atoms. The zero-order valence-corrected chi connectivity index (χ0v) is 6.47. The van der Waals surface area contributed by atoms with E-state index in [9.17, 15) is 4.39 Å². The van der Waals surface area contributed by atoms with Gasteiger partial charge in [-0.15, -0.1) is 0 Å². The van der Waals surface area contributed by atoms with Crippen molar-refractivity contribution in [3.05, 3.63) is 35.8 Å². The molecule has 2 rings (SSSR count). The van der Waals surface area contributed by atoms with Gasteiger partial charge in [-0.2, -0.15) is 0 Å². The highest BCUT2D eigenvalue weighted by Gasteiger charge is 2.02. The molecule has 62 valence electrons. The number of hydrogen-bond acceptors (Lipinski definition) is 1. The second-order valence-corrected chi connectivity index (χ2v) is 2.70. The number of aromatic nitrogens is 1. The molecule has 0 unspecified atom stereocenters. The maximum absolute atomic E-state index is 13.1. The lowest BCUT2D eigenvalue weighted by Crippen LogP contribution is -1.94. The molecule has 0 saturated carbocycles. The van der Waals surface area contributed by atoms with E-state index in [-0.39, 0.29) is 5.82 Å². The van der Waals surface area contributed by atoms with Gasteiger partial charge in [0.15, 0.2) is 0 Å². The van der Waals surface area contributed by atoms with Crippen LogP contribution < -0.4 is 5.73 Å². The minimum absolute atomic E-state index is 0.205. The van der Waals surface area contributed by atoms with Crippen LogP contribution in [0.2, 0.25) is 0 Å². The lowest BCUT2D eigenvalue weighted by Gasteiger charge is -1.88. The lowest BCUT2D eigenvalue weighted by molar-refractivity contribution is 0.640. The molecule has 0 fully saturated rings. The molecule has 2 nitrogen and oxygen atoms in total. The predicted octanol–water partition coefficient (Wildman–Crippen LogP) is 1.77. The first-order chi connectivity index (χ1) is 5.81. The number of fused-ring (bicyclic) bond motifs is 1. The van der Waals surface area contributed by atoms with E-state index in [1.165, 1.54) is 6.07 Å². The Morgan fingerprint density at radius 1 is 1.42 bits per heavy atom. The summed E-state index contributed by atoms with van der Waals surface area (Å²) in [5.74, 6) is -0.205. The third kappa shape index (κ3) is 0.987. The van der Waals surface area contributed by atoms with Crippen molar-refractivity contribution in [2.24, 2.45) is 5.73 Å². The molecule has 0 radical (unpaired) electrons. The SMILES string of the molecule is NCc1cc2c(F)cccc2[nH]1. The summed E-state index contributed by atoms with van der Waals surface area (Å²) in [6.07, 6.45) is 0. The second-order valence-electron chi connectivity index (χ2n) is 2.70. The summed E-state index contributed by atoms with van der Waals surface area (Å²) in [5, 5.41) is 0.609. The predicted molar refractivity (Wildman–Crippen MR) is 46.1 cm³/mol. The highest BCUT2D eigenvalue weighted by Crippen LogP contribution is 2.17. The van der Waals surface area contributed by atoms with Crippen molar-refractivity contribution < 1.29 is 4.39 Å². The number of rotatable bonds is 1. The standard InChI is InChI=1S/C9H9FN2/c10-8-2-1-3-9-7(8)4-6(5-11)12-9/h1-4,12H,5,11H2. The van der Waals surface area contributed by atoms with Gasteiger partial charge in [-0.05, 0) is 18.2 Å². The van der Waals surface area contributed by atoms with E-state index < -0.39 is 0 Å². The maximum atomic E-state index is 13.1. The van der Waals surface area contributed by atoms with Crippen LogP contribution in [0.1, 0.15) is 5.69 Å². The Balaban J connectivity index is 2.74. The number of aromatic amines is 1. The first kappa shape index (κ1) is 7.31. The van der Waals surface area contributed by atoms with Crippen LogP contribution in [0.4, 0.5) is 4.39 Å². The molecule has 2 aromatic rings. The number of benzene rings is 1. The fraction of sp³-hybridized carbons (Fsp3) is 0.111. The Kier molecular flexibility index (Phi) is 1.59. The van der Waals surface area contributed by atoms with Crippen molar-refractivity contribution in [1.29, 1.82) is 0 Å². The summed E-state index contributed by atoms with van der Waals surface area (Å²) in [7, 11) is 0. The summed E-state index contributed by atoms with van der Waals surface area (Å²) >= 11 is 0. The van der Waals surface area contributed by atoms with Gasteiger partial charge < -0.3 is 10.7 Å². The van der Waals surface area contributed by atoms with Crippen LogP contribution in [-0.2, 0) is 6.54 Å². The first-order valence-electron chi connectivity index (χ1n) is 3.77. The highest BCUT2D eigenvalue weighted by atomic mass is 19.1. The molecule has 3 N–H and O–H groups in total. The van der Waals surface area contributed by atoms with E-state index in [2.05, 4.69) is 4.98 Å². The molecule has 1 aromatic carbocycles. The molecule has 0 amide bonds. The smallest absolute Gasteiger partial charge is 0.132 e. The monoisotopic (exact) mass is 164 g/mol. The number of hydrogen-bond donors (Lipinski definition) is 2. The highest BCUT2D eigenvalue weighted by molar-refractivity contribution is 5.80. The Morgan fingerprint density at radius 3 is 2.92 bits per heavy atom. The summed E-state index contributed by atoms with van der Waals surface area (Å²) in [6.45, 7) is 0.411. The third-order valence-electron chi connectivity index (χ3n) is 1.89. The molecular formula is C9H9FN2. The summed E-state index contributed by atoms with van der Waals surface area (Å²) < 4.78 is 13.1. The molecule has 0 atom stereocenters. The Bertz CT molecular complexity index is 406. The fourth-order valence-corrected chi connectivity index (χ4v) is 1.29. The van der Waals surface area contributed by atoms with Gasteiger partial charge in [0.25, 0.3) is 0 Å². The molecule has 0 aliphatic rings. The summed E-state index contributed by atoms with van der Waals surface area (Å²) in [4.78, 5) is 3.02. The van der Waals surface area contributed by atoms with Crippen molar-refractivity contribution in [2.45, 2.75) is 6.54 Å². The van der Waals surface area contributed by atoms with Crippen LogP contribution in [0.3, 0.4) is 0 Å². The molecule has 0 aliphatic carbocycles. The van der Waals surface area contributed by atoms with Gasteiger partial charge in [0, 0.05) is 23.1 Å². The van der Waals surface area contributed by atoms with Gasteiger partial charge in [-0.1, -0.05) is 6.07 Å². The molecule has 0 aliphatic heterocycles. The number of nitrogens with two attached hydrogens (primary N) is 1. The zero-order chi connectivity index (χ0) is 8.55. The minimum Gasteiger partial charge on any atom is -0.357 e. The zero-order valence-electron chi connectivity index (χ0n) is 6.47. The van der Waals surface area contributed by atoms with Gasteiger partial charge in [-0.3, -0.25) is 0 Å². The van der Waals surface area contributed by atoms with Gasteiger partial charge in [0.05, 0.1) is 0 Å². The minimum atomic E-state index is -0.205. The van der Waals surface area contributed by atoms with Crippen LogP contribution in [-0.4, -0.2) is 4.98 Å². The summed E-state index contributed by atoms with van der Waals surface area (Å²) in [5.41, 5.74) is 7.07. The van der Waals surface area contributed by atoms with Gasteiger partial charge >= 0.3 is 0 Å². The largest absolute Gasteiger partial charge is 0.357 e. The molecule has 12 heavy (non-hydrogen) atoms. The molecular weight excluding hydrogens is 155 g/mol. The van der Waals surface area contributed by atoms with E-state index >= 15 is 0 Å². The van der Waals surface area contributed by atoms with Gasteiger partial charge in [0.1, 0.15) is 5.82 Å². The Hall–Kier alpha value is -1.35. The molecule has 0 saturated heterocycles. The first-order valence-corrected chi connectivity index (χ1v) is 3.77. The fourth-order valence-electron chi connectivity index (χ4n) is 1.29. The van der Waals surface area contributed by atoms with Crippen molar-refractivity contribution in [3.63, 3.8) is 0 Å². The number of nitrogens with one attached hydrogen (secondary N) is 1. The van der Waals surface area contributed by atoms with Crippen LogP contribution in [0.5, 0.6) is 0 Å². The van der Waals surface area contributed by atoms with E-state index in [0.717, 1.165) is 11.2 Å². The normalized spacial score (nSPS) is 10.8. The average molecular weight is 164 g/mol. The van der Waals surface area contributed by atoms with E-state index in [1.807, 2.05) is 6.07 Å². The summed E-state index contributed by atoms with van der Waals surface area (Å²) in [6, 6.07) is 6.69. The molecule has 0 bridgehead atoms. The van der Waals surface area contributed by atoms with Crippen molar-refractivity contribution in [2.75, 3.05) is 0 Å². The molecule has 1 aromatic heterocycles. The quantitative estimate of drug-likeness (QED) is 0.662. The Labute approximate surface area is 69.2 Å². The third-order valence-corrected chi connectivity index (χ3v) is 1.89. The molecule has 3 heteroatoms. The van der Waals surface area contributed by atoms with Gasteiger partial charge in [-0.25, -0.2) is 4.39 Å². The van der Waals surface area contributed by atoms with Crippen LogP contribution in [0.25, 0.3) is 10.9 Å². The lowest BCUT2D eigenvalue weighted by atomic mass is 10.2. The van der Waals surface area contributed by atoms with Crippen LogP contribution in [0, 0.1) is 5.82 Å². The average Bonchev–Trinajstić information content (AvgIpc) is 2.49. The van der Waals surface area contributed by atoms with E-state index in [4.69, 9.17) is 5.73 Å². The number of H-pyrrole nitrogens is 1. The van der Waals surface area contributed by atoms with Crippen molar-refractivity contribution >= 4 is 10.9 Å².